The van der Waals surface area contributed by atoms with Crippen molar-refractivity contribution in [1.82, 2.24) is 0 Å². The van der Waals surface area contributed by atoms with Gasteiger partial charge in [0.15, 0.2) is 5.78 Å². The van der Waals surface area contributed by atoms with Gasteiger partial charge in [0, 0.05) is 15.1 Å². The summed E-state index contributed by atoms with van der Waals surface area (Å²) >= 11 is 12.3. The predicted molar refractivity (Wildman–Crippen MR) is 62.0 cm³/mol. The quantitative estimate of drug-likeness (QED) is 0.593. The van der Waals surface area contributed by atoms with Crippen LogP contribution in [0.25, 0.3) is 0 Å². The normalized spacial score (nSPS) is 10.2. The molecule has 0 atom stereocenters. The molecular formula is C9H7Br2ClO. The second-order valence-corrected chi connectivity index (χ2v) is 4.50. The van der Waals surface area contributed by atoms with Gasteiger partial charge in [0.1, 0.15) is 0 Å². The number of carbonyl (C=O) groups excluding carboxylic acids is 1. The van der Waals surface area contributed by atoms with E-state index in [4.69, 9.17) is 11.6 Å². The molecule has 70 valence electrons. The third kappa shape index (κ3) is 2.55. The van der Waals surface area contributed by atoms with Crippen LogP contribution < -0.4 is 0 Å². The first-order valence-electron chi connectivity index (χ1n) is 3.61. The van der Waals surface area contributed by atoms with Gasteiger partial charge in [-0.1, -0.05) is 43.5 Å². The molecule has 0 bridgehead atoms. The maximum atomic E-state index is 11.4. The summed E-state index contributed by atoms with van der Waals surface area (Å²) in [5, 5.41) is 0.930. The molecule has 1 aromatic carbocycles. The molecule has 0 aliphatic rings. The lowest BCUT2D eigenvalue weighted by atomic mass is 10.1. The van der Waals surface area contributed by atoms with Gasteiger partial charge in [0.05, 0.1) is 5.33 Å². The summed E-state index contributed by atoms with van der Waals surface area (Å²) in [4.78, 5) is 11.4. The number of benzene rings is 1. The van der Waals surface area contributed by atoms with E-state index in [0.29, 0.717) is 15.9 Å². The first-order valence-corrected chi connectivity index (χ1v) is 5.90. The second kappa shape index (κ2) is 4.58. The fourth-order valence-corrected chi connectivity index (χ4v) is 2.12. The Labute approximate surface area is 98.7 Å². The number of rotatable bonds is 2. The monoisotopic (exact) mass is 324 g/mol. The minimum atomic E-state index is 0.0423. The summed E-state index contributed by atoms with van der Waals surface area (Å²) in [5.41, 5.74) is 1.49. The molecule has 0 saturated carbocycles. The van der Waals surface area contributed by atoms with E-state index >= 15 is 0 Å². The summed E-state index contributed by atoms with van der Waals surface area (Å²) in [5.74, 6) is 0.0423. The Morgan fingerprint density at radius 2 is 2.15 bits per heavy atom. The van der Waals surface area contributed by atoms with Crippen molar-refractivity contribution in [3.8, 4) is 0 Å². The first kappa shape index (κ1) is 11.2. The molecule has 13 heavy (non-hydrogen) atoms. The Morgan fingerprint density at radius 3 is 2.69 bits per heavy atom. The van der Waals surface area contributed by atoms with Crippen LogP contribution in [0.2, 0.25) is 5.02 Å². The molecule has 0 heterocycles. The van der Waals surface area contributed by atoms with E-state index in [-0.39, 0.29) is 5.78 Å². The van der Waals surface area contributed by atoms with Crippen LogP contribution in [0.5, 0.6) is 0 Å². The lowest BCUT2D eigenvalue weighted by molar-refractivity contribution is 0.102. The van der Waals surface area contributed by atoms with E-state index in [0.717, 1.165) is 10.0 Å². The predicted octanol–water partition coefficient (Wildman–Crippen LogP) is 3.99. The van der Waals surface area contributed by atoms with Crippen molar-refractivity contribution in [3.05, 3.63) is 32.8 Å². The first-order chi connectivity index (χ1) is 6.06. The zero-order chi connectivity index (χ0) is 10.0. The third-order valence-electron chi connectivity index (χ3n) is 1.73. The van der Waals surface area contributed by atoms with Crippen LogP contribution in [0.1, 0.15) is 15.9 Å². The standard InChI is InChI=1S/C9H7Br2ClO/c1-5-7(9(13)4-10)2-6(11)3-8(5)12/h2-3H,4H2,1H3. The van der Waals surface area contributed by atoms with Crippen molar-refractivity contribution in [2.75, 3.05) is 5.33 Å². The summed E-state index contributed by atoms with van der Waals surface area (Å²) in [6, 6.07) is 3.56. The van der Waals surface area contributed by atoms with Crippen LogP contribution in [0.4, 0.5) is 0 Å². The van der Waals surface area contributed by atoms with Gasteiger partial charge in [-0.2, -0.15) is 0 Å². The Morgan fingerprint density at radius 1 is 1.54 bits per heavy atom. The summed E-state index contributed by atoms with van der Waals surface area (Å²) in [6.45, 7) is 1.84. The highest BCUT2D eigenvalue weighted by Gasteiger charge is 2.10. The van der Waals surface area contributed by atoms with Gasteiger partial charge in [-0.15, -0.1) is 0 Å². The Balaban J connectivity index is 3.28. The lowest BCUT2D eigenvalue weighted by Gasteiger charge is -2.05. The van der Waals surface area contributed by atoms with Gasteiger partial charge in [-0.3, -0.25) is 4.79 Å². The topological polar surface area (TPSA) is 17.1 Å². The SMILES string of the molecule is Cc1c(Cl)cc(Br)cc1C(=O)CBr. The molecule has 1 aromatic rings. The molecule has 0 fully saturated rings. The fraction of sp³-hybridized carbons (Fsp3) is 0.222. The maximum Gasteiger partial charge on any atom is 0.173 e. The number of hydrogen-bond acceptors (Lipinski definition) is 1. The van der Waals surface area contributed by atoms with Gasteiger partial charge >= 0.3 is 0 Å². The molecule has 0 unspecified atom stereocenters. The largest absolute Gasteiger partial charge is 0.293 e. The summed E-state index contributed by atoms with van der Waals surface area (Å²) in [6.07, 6.45) is 0. The third-order valence-corrected chi connectivity index (χ3v) is 3.09. The smallest absolute Gasteiger partial charge is 0.173 e. The zero-order valence-electron chi connectivity index (χ0n) is 6.90. The highest BCUT2D eigenvalue weighted by atomic mass is 79.9. The highest BCUT2D eigenvalue weighted by molar-refractivity contribution is 9.10. The van der Waals surface area contributed by atoms with Crippen molar-refractivity contribution < 1.29 is 4.79 Å². The molecule has 0 spiro atoms. The maximum absolute atomic E-state index is 11.4. The second-order valence-electron chi connectivity index (χ2n) is 2.62. The van der Waals surface area contributed by atoms with Crippen LogP contribution >= 0.6 is 43.5 Å². The molecule has 0 N–H and O–H groups in total. The summed E-state index contributed by atoms with van der Waals surface area (Å²) in [7, 11) is 0. The van der Waals surface area contributed by atoms with E-state index in [1.807, 2.05) is 6.92 Å². The van der Waals surface area contributed by atoms with Crippen LogP contribution in [0.3, 0.4) is 0 Å². The number of hydrogen-bond donors (Lipinski definition) is 0. The van der Waals surface area contributed by atoms with Crippen molar-refractivity contribution in [2.45, 2.75) is 6.92 Å². The van der Waals surface area contributed by atoms with Gasteiger partial charge in [0.25, 0.3) is 0 Å². The van der Waals surface area contributed by atoms with E-state index in [2.05, 4.69) is 31.9 Å². The number of alkyl halides is 1. The van der Waals surface area contributed by atoms with Crippen LogP contribution in [-0.4, -0.2) is 11.1 Å². The van der Waals surface area contributed by atoms with E-state index in [1.54, 1.807) is 12.1 Å². The molecule has 0 aliphatic heterocycles. The number of halogens is 3. The molecular weight excluding hydrogens is 319 g/mol. The molecule has 0 amide bonds. The molecule has 0 radical (unpaired) electrons. The van der Waals surface area contributed by atoms with Gasteiger partial charge in [-0.05, 0) is 24.6 Å². The molecule has 0 aromatic heterocycles. The Bertz CT molecular complexity index is 350. The minimum Gasteiger partial charge on any atom is -0.293 e. The lowest BCUT2D eigenvalue weighted by Crippen LogP contribution is -2.03. The molecule has 1 nitrogen and oxygen atoms in total. The Hall–Kier alpha value is 0.140. The highest BCUT2D eigenvalue weighted by Crippen LogP contribution is 2.25. The van der Waals surface area contributed by atoms with E-state index < -0.39 is 0 Å². The number of carbonyl (C=O) groups is 1. The molecule has 4 heteroatoms. The molecule has 1 rings (SSSR count). The molecule has 0 aliphatic carbocycles. The minimum absolute atomic E-state index is 0.0423. The van der Waals surface area contributed by atoms with Crippen molar-refractivity contribution in [2.24, 2.45) is 0 Å². The van der Waals surface area contributed by atoms with E-state index in [1.165, 1.54) is 0 Å². The van der Waals surface area contributed by atoms with Gasteiger partial charge in [-0.25, -0.2) is 0 Å². The van der Waals surface area contributed by atoms with E-state index in [9.17, 15) is 4.79 Å². The average molecular weight is 326 g/mol. The average Bonchev–Trinajstić information content (AvgIpc) is 2.10. The van der Waals surface area contributed by atoms with Crippen molar-refractivity contribution in [3.63, 3.8) is 0 Å². The van der Waals surface area contributed by atoms with Crippen LogP contribution in [-0.2, 0) is 0 Å². The summed E-state index contributed by atoms with van der Waals surface area (Å²) < 4.78 is 0.826. The van der Waals surface area contributed by atoms with Crippen LogP contribution in [0, 0.1) is 6.92 Å². The van der Waals surface area contributed by atoms with Gasteiger partial charge < -0.3 is 0 Å². The van der Waals surface area contributed by atoms with Crippen LogP contribution in [0.15, 0.2) is 16.6 Å². The zero-order valence-corrected chi connectivity index (χ0v) is 10.8. The van der Waals surface area contributed by atoms with Crippen molar-refractivity contribution in [1.29, 1.82) is 0 Å². The fourth-order valence-electron chi connectivity index (χ4n) is 1.01. The Kier molecular flexibility index (Phi) is 3.95. The number of Topliss-reactive ketones (excluding diaryl/α,β-unsaturated/α-hetero) is 1. The van der Waals surface area contributed by atoms with Gasteiger partial charge in [0.2, 0.25) is 0 Å². The molecule has 0 saturated heterocycles. The number of ketones is 1. The van der Waals surface area contributed by atoms with Crippen molar-refractivity contribution >= 4 is 49.2 Å².